The number of nitrogens with zero attached hydrogens (tertiary/aromatic N) is 5. The fourth-order valence-corrected chi connectivity index (χ4v) is 1.65. The molecule has 2 rings (SSSR count). The number of rotatable bonds is 5. The largest absolute Gasteiger partial charge is 0.368 e. The highest BCUT2D eigenvalue weighted by molar-refractivity contribution is 5.46. The second-order valence-corrected chi connectivity index (χ2v) is 3.81. The molecule has 2 aromatic heterocycles. The Bertz CT molecular complexity index is 554. The van der Waals surface area contributed by atoms with E-state index in [1.807, 2.05) is 19.2 Å². The van der Waals surface area contributed by atoms with Crippen molar-refractivity contribution in [2.75, 3.05) is 11.9 Å². The Morgan fingerprint density at radius 2 is 2.11 bits per heavy atom. The van der Waals surface area contributed by atoms with E-state index in [1.54, 1.807) is 12.4 Å². The number of aromatic nitrogens is 4. The van der Waals surface area contributed by atoms with Crippen LogP contribution in [-0.2, 0) is 6.54 Å². The molecular weight excluding hydrogens is 228 g/mol. The average molecular weight is 242 g/mol. The van der Waals surface area contributed by atoms with Crippen LogP contribution in [0.4, 0.5) is 5.82 Å². The van der Waals surface area contributed by atoms with E-state index in [-0.39, 0.29) is 0 Å². The van der Waals surface area contributed by atoms with Crippen molar-refractivity contribution >= 4 is 5.82 Å². The van der Waals surface area contributed by atoms with E-state index < -0.39 is 0 Å². The lowest BCUT2D eigenvalue weighted by Crippen LogP contribution is -2.09. The fraction of sp³-hybridized carbons (Fsp3) is 0.333. The number of nitriles is 1. The zero-order chi connectivity index (χ0) is 12.8. The van der Waals surface area contributed by atoms with Crippen molar-refractivity contribution in [1.82, 2.24) is 19.5 Å². The Hall–Kier alpha value is -2.42. The highest BCUT2D eigenvalue weighted by Gasteiger charge is 2.02. The Labute approximate surface area is 105 Å². The molecule has 18 heavy (non-hydrogen) atoms. The van der Waals surface area contributed by atoms with Gasteiger partial charge in [0.1, 0.15) is 11.9 Å². The van der Waals surface area contributed by atoms with Crippen molar-refractivity contribution in [3.63, 3.8) is 0 Å². The molecule has 0 bridgehead atoms. The molecule has 0 spiro atoms. The van der Waals surface area contributed by atoms with Gasteiger partial charge in [0.15, 0.2) is 11.5 Å². The molecule has 2 heterocycles. The van der Waals surface area contributed by atoms with E-state index in [2.05, 4.69) is 24.8 Å². The summed E-state index contributed by atoms with van der Waals surface area (Å²) in [6.07, 6.45) is 7.76. The van der Waals surface area contributed by atoms with Gasteiger partial charge in [0.05, 0.1) is 0 Å². The zero-order valence-electron chi connectivity index (χ0n) is 10.2. The lowest BCUT2D eigenvalue weighted by Gasteiger charge is -2.07. The van der Waals surface area contributed by atoms with Gasteiger partial charge in [-0.2, -0.15) is 5.26 Å². The van der Waals surface area contributed by atoms with Crippen molar-refractivity contribution < 1.29 is 0 Å². The number of aryl methyl sites for hydroxylation is 2. The van der Waals surface area contributed by atoms with Crippen molar-refractivity contribution in [2.45, 2.75) is 19.9 Å². The molecule has 6 heteroatoms. The summed E-state index contributed by atoms with van der Waals surface area (Å²) in [5.74, 6) is 1.55. The molecule has 0 radical (unpaired) electrons. The molecule has 0 atom stereocenters. The minimum atomic E-state index is 0.330. The normalized spacial score (nSPS) is 10.0. The lowest BCUT2D eigenvalue weighted by atomic mass is 10.3. The number of nitrogens with one attached hydrogen (secondary N) is 1. The third-order valence-corrected chi connectivity index (χ3v) is 2.60. The van der Waals surface area contributed by atoms with Crippen LogP contribution in [0.2, 0.25) is 0 Å². The van der Waals surface area contributed by atoms with Crippen molar-refractivity contribution in [3.05, 3.63) is 36.3 Å². The molecule has 0 amide bonds. The molecule has 0 aliphatic heterocycles. The number of hydrogen-bond donors (Lipinski definition) is 1. The van der Waals surface area contributed by atoms with Crippen molar-refractivity contribution in [2.24, 2.45) is 0 Å². The quantitative estimate of drug-likeness (QED) is 0.801. The summed E-state index contributed by atoms with van der Waals surface area (Å²) >= 11 is 0. The monoisotopic (exact) mass is 242 g/mol. The van der Waals surface area contributed by atoms with Crippen LogP contribution in [0.25, 0.3) is 0 Å². The first-order chi connectivity index (χ1) is 8.81. The maximum absolute atomic E-state index is 8.86. The van der Waals surface area contributed by atoms with E-state index in [9.17, 15) is 0 Å². The van der Waals surface area contributed by atoms with Crippen LogP contribution in [0.15, 0.2) is 24.8 Å². The maximum Gasteiger partial charge on any atom is 0.182 e. The van der Waals surface area contributed by atoms with Gasteiger partial charge in [-0.25, -0.2) is 15.0 Å². The maximum atomic E-state index is 8.86. The predicted molar refractivity (Wildman–Crippen MR) is 66.8 cm³/mol. The van der Waals surface area contributed by atoms with Crippen LogP contribution in [0.3, 0.4) is 0 Å². The van der Waals surface area contributed by atoms with Crippen LogP contribution in [-0.4, -0.2) is 26.1 Å². The van der Waals surface area contributed by atoms with Gasteiger partial charge in [-0.3, -0.25) is 0 Å². The summed E-state index contributed by atoms with van der Waals surface area (Å²) in [6, 6.07) is 2.01. The molecule has 0 aliphatic carbocycles. The molecule has 0 aromatic carbocycles. The van der Waals surface area contributed by atoms with Gasteiger partial charge < -0.3 is 9.88 Å². The molecular formula is C12H14N6. The third-order valence-electron chi connectivity index (χ3n) is 2.60. The third kappa shape index (κ3) is 2.83. The van der Waals surface area contributed by atoms with E-state index >= 15 is 0 Å². The number of imidazole rings is 1. The summed E-state index contributed by atoms with van der Waals surface area (Å²) in [4.78, 5) is 12.2. The molecule has 0 saturated carbocycles. The molecule has 92 valence electrons. The summed E-state index contributed by atoms with van der Waals surface area (Å²) in [6.45, 7) is 3.61. The molecule has 0 aliphatic rings. The molecule has 0 unspecified atom stereocenters. The van der Waals surface area contributed by atoms with E-state index in [1.165, 1.54) is 6.20 Å². The minimum Gasteiger partial charge on any atom is -0.368 e. The fourth-order valence-electron chi connectivity index (χ4n) is 1.65. The Kier molecular flexibility index (Phi) is 3.86. The lowest BCUT2D eigenvalue weighted by molar-refractivity contribution is 0.642. The van der Waals surface area contributed by atoms with Gasteiger partial charge in [-0.1, -0.05) is 0 Å². The first-order valence-electron chi connectivity index (χ1n) is 5.74. The SMILES string of the molecule is Cc1nccn1CCCNc1nccnc1C#N. The highest BCUT2D eigenvalue weighted by Crippen LogP contribution is 2.06. The van der Waals surface area contributed by atoms with Crippen molar-refractivity contribution in [1.29, 1.82) is 5.26 Å². The van der Waals surface area contributed by atoms with Gasteiger partial charge in [0.25, 0.3) is 0 Å². The average Bonchev–Trinajstić information content (AvgIpc) is 2.81. The molecule has 0 saturated heterocycles. The smallest absolute Gasteiger partial charge is 0.182 e. The second kappa shape index (κ2) is 5.77. The molecule has 6 nitrogen and oxygen atoms in total. The van der Waals surface area contributed by atoms with Crippen LogP contribution in [0.5, 0.6) is 0 Å². The summed E-state index contributed by atoms with van der Waals surface area (Å²) in [7, 11) is 0. The summed E-state index contributed by atoms with van der Waals surface area (Å²) in [5, 5.41) is 12.0. The van der Waals surface area contributed by atoms with E-state index in [0.29, 0.717) is 11.5 Å². The topological polar surface area (TPSA) is 79.4 Å². The Morgan fingerprint density at radius 3 is 2.83 bits per heavy atom. The standard InChI is InChI=1S/C12H14N6/c1-10-14-6-8-18(10)7-2-3-16-12-11(9-13)15-4-5-17-12/h4-6,8H,2-3,7H2,1H3,(H,16,17). The first kappa shape index (κ1) is 12.0. The van der Waals surface area contributed by atoms with Gasteiger partial charge >= 0.3 is 0 Å². The summed E-state index contributed by atoms with van der Waals surface area (Å²) in [5.41, 5.74) is 0.330. The second-order valence-electron chi connectivity index (χ2n) is 3.81. The summed E-state index contributed by atoms with van der Waals surface area (Å²) < 4.78 is 2.09. The van der Waals surface area contributed by atoms with Crippen LogP contribution < -0.4 is 5.32 Å². The Balaban J connectivity index is 1.82. The minimum absolute atomic E-state index is 0.330. The number of anilines is 1. The molecule has 2 aromatic rings. The van der Waals surface area contributed by atoms with Crippen LogP contribution in [0.1, 0.15) is 17.9 Å². The van der Waals surface area contributed by atoms with Crippen LogP contribution >= 0.6 is 0 Å². The van der Waals surface area contributed by atoms with Crippen LogP contribution in [0, 0.1) is 18.3 Å². The van der Waals surface area contributed by atoms with E-state index in [0.717, 1.165) is 25.3 Å². The van der Waals surface area contributed by atoms with Gasteiger partial charge in [0, 0.05) is 37.9 Å². The molecule has 0 fully saturated rings. The zero-order valence-corrected chi connectivity index (χ0v) is 10.2. The highest BCUT2D eigenvalue weighted by atomic mass is 15.1. The van der Waals surface area contributed by atoms with E-state index in [4.69, 9.17) is 5.26 Å². The predicted octanol–water partition coefficient (Wildman–Crippen LogP) is 1.36. The van der Waals surface area contributed by atoms with Gasteiger partial charge in [-0.05, 0) is 13.3 Å². The van der Waals surface area contributed by atoms with Gasteiger partial charge in [-0.15, -0.1) is 0 Å². The molecule has 1 N–H and O–H groups in total. The van der Waals surface area contributed by atoms with Crippen molar-refractivity contribution in [3.8, 4) is 6.07 Å². The van der Waals surface area contributed by atoms with Gasteiger partial charge in [0.2, 0.25) is 0 Å². The first-order valence-corrected chi connectivity index (χ1v) is 5.74. The Morgan fingerprint density at radius 1 is 1.28 bits per heavy atom. The number of hydrogen-bond acceptors (Lipinski definition) is 5.